The molecule has 0 saturated heterocycles. The number of hydrogen-bond acceptors (Lipinski definition) is 4. The molecule has 0 spiro atoms. The van der Waals surface area contributed by atoms with E-state index in [1.807, 2.05) is 7.05 Å². The molecule has 0 bridgehead atoms. The Labute approximate surface area is 127 Å². The molecule has 1 atom stereocenters. The Kier molecular flexibility index (Phi) is 4.48. The van der Waals surface area contributed by atoms with Crippen molar-refractivity contribution in [2.75, 3.05) is 25.5 Å². The Morgan fingerprint density at radius 3 is 2.86 bits per heavy atom. The van der Waals surface area contributed by atoms with Crippen molar-refractivity contribution in [1.29, 1.82) is 0 Å². The molecule has 1 aromatic rings. The van der Waals surface area contributed by atoms with Gasteiger partial charge in [0.2, 0.25) is 0 Å². The van der Waals surface area contributed by atoms with Gasteiger partial charge >= 0.3 is 0 Å². The molecule has 116 valence electrons. The number of aromatic nitrogens is 2. The summed E-state index contributed by atoms with van der Waals surface area (Å²) in [6, 6.07) is 2.55. The van der Waals surface area contributed by atoms with E-state index in [0.717, 1.165) is 30.7 Å². The molecule has 0 aromatic carbocycles. The molecule has 0 aliphatic heterocycles. The molecule has 2 saturated carbocycles. The summed E-state index contributed by atoms with van der Waals surface area (Å²) in [6.45, 7) is 4.04. The molecule has 2 aliphatic carbocycles. The van der Waals surface area contributed by atoms with E-state index in [4.69, 9.17) is 0 Å². The minimum Gasteiger partial charge on any atom is -0.391 e. The van der Waals surface area contributed by atoms with E-state index in [1.165, 1.54) is 37.1 Å². The van der Waals surface area contributed by atoms with Gasteiger partial charge in [0.1, 0.15) is 5.82 Å². The lowest BCUT2D eigenvalue weighted by atomic mass is 10.2. The Morgan fingerprint density at radius 2 is 2.19 bits per heavy atom. The molecule has 3 rings (SSSR count). The van der Waals surface area contributed by atoms with Crippen molar-refractivity contribution >= 4 is 5.82 Å². The molecule has 4 N–H and O–H groups in total. The largest absolute Gasteiger partial charge is 0.391 e. The number of nitrogens with one attached hydrogen (secondary N) is 4. The summed E-state index contributed by atoms with van der Waals surface area (Å²) in [6.07, 6.45) is 7.61. The average Bonchev–Trinajstić information content (AvgIpc) is 3.40. The number of aromatic amines is 1. The van der Waals surface area contributed by atoms with E-state index >= 15 is 0 Å². The van der Waals surface area contributed by atoms with E-state index in [1.54, 1.807) is 0 Å². The third-order valence-corrected chi connectivity index (χ3v) is 4.25. The van der Waals surface area contributed by atoms with Gasteiger partial charge in [-0.05, 0) is 44.6 Å². The van der Waals surface area contributed by atoms with E-state index in [0.29, 0.717) is 6.04 Å². The predicted octanol–water partition coefficient (Wildman–Crippen LogP) is 2.19. The van der Waals surface area contributed by atoms with Crippen LogP contribution in [0.3, 0.4) is 0 Å². The summed E-state index contributed by atoms with van der Waals surface area (Å²) in [5.41, 5.74) is 2.68. The summed E-state index contributed by atoms with van der Waals surface area (Å²) in [7, 11) is 2.02. The first-order chi connectivity index (χ1) is 10.3. The molecule has 5 nitrogen and oxygen atoms in total. The van der Waals surface area contributed by atoms with Crippen LogP contribution in [-0.2, 0) is 0 Å². The topological polar surface area (TPSA) is 64.8 Å². The predicted molar refractivity (Wildman–Crippen MR) is 86.4 cm³/mol. The summed E-state index contributed by atoms with van der Waals surface area (Å²) < 4.78 is 0. The van der Waals surface area contributed by atoms with Crippen molar-refractivity contribution in [3.8, 4) is 0 Å². The first kappa shape index (κ1) is 14.4. The van der Waals surface area contributed by atoms with Gasteiger partial charge < -0.3 is 16.0 Å². The van der Waals surface area contributed by atoms with Crippen molar-refractivity contribution in [2.45, 2.75) is 44.6 Å². The Hall–Kier alpha value is -1.49. The maximum atomic E-state index is 4.30. The molecule has 21 heavy (non-hydrogen) atoms. The SMILES string of the molecule is CN/C(=C\C(C)NCCNc1cc(C2CC2)[nH]n1)C1CC1. The maximum Gasteiger partial charge on any atom is 0.148 e. The van der Waals surface area contributed by atoms with E-state index in [-0.39, 0.29) is 0 Å². The van der Waals surface area contributed by atoms with Crippen LogP contribution in [0.15, 0.2) is 17.8 Å². The number of H-pyrrole nitrogens is 1. The summed E-state index contributed by atoms with van der Waals surface area (Å²) in [5, 5.41) is 17.6. The minimum absolute atomic E-state index is 0.399. The van der Waals surface area contributed by atoms with Crippen LogP contribution in [0, 0.1) is 5.92 Å². The van der Waals surface area contributed by atoms with Gasteiger partial charge in [0.15, 0.2) is 0 Å². The summed E-state index contributed by atoms with van der Waals surface area (Å²) in [5.74, 6) is 2.48. The minimum atomic E-state index is 0.399. The Morgan fingerprint density at radius 1 is 1.38 bits per heavy atom. The van der Waals surface area contributed by atoms with Crippen LogP contribution >= 0.6 is 0 Å². The fraction of sp³-hybridized carbons (Fsp3) is 0.688. The fourth-order valence-corrected chi connectivity index (χ4v) is 2.67. The van der Waals surface area contributed by atoms with Crippen LogP contribution < -0.4 is 16.0 Å². The third-order valence-electron chi connectivity index (χ3n) is 4.25. The van der Waals surface area contributed by atoms with Crippen LogP contribution in [0.1, 0.15) is 44.2 Å². The zero-order chi connectivity index (χ0) is 14.7. The van der Waals surface area contributed by atoms with Crippen molar-refractivity contribution < 1.29 is 0 Å². The van der Waals surface area contributed by atoms with Crippen molar-refractivity contribution in [3.63, 3.8) is 0 Å². The van der Waals surface area contributed by atoms with Gasteiger partial charge in [0.05, 0.1) is 0 Å². The van der Waals surface area contributed by atoms with Gasteiger partial charge in [-0.1, -0.05) is 0 Å². The maximum absolute atomic E-state index is 4.30. The number of allylic oxidation sites excluding steroid dienone is 1. The van der Waals surface area contributed by atoms with Gasteiger partial charge in [-0.3, -0.25) is 5.10 Å². The lowest BCUT2D eigenvalue weighted by molar-refractivity contribution is 0.634. The number of hydrogen-bond donors (Lipinski definition) is 4. The molecule has 2 fully saturated rings. The molecular weight excluding hydrogens is 262 g/mol. The van der Waals surface area contributed by atoms with Crippen LogP contribution in [0.2, 0.25) is 0 Å². The molecule has 2 aliphatic rings. The van der Waals surface area contributed by atoms with Gasteiger partial charge in [0, 0.05) is 49.6 Å². The van der Waals surface area contributed by atoms with Crippen molar-refractivity contribution in [3.05, 3.63) is 23.5 Å². The molecule has 0 amide bonds. The molecular formula is C16H27N5. The van der Waals surface area contributed by atoms with E-state index < -0.39 is 0 Å². The van der Waals surface area contributed by atoms with Gasteiger partial charge in [-0.2, -0.15) is 5.10 Å². The number of rotatable bonds is 9. The fourth-order valence-electron chi connectivity index (χ4n) is 2.67. The highest BCUT2D eigenvalue weighted by Gasteiger charge is 2.26. The van der Waals surface area contributed by atoms with Crippen LogP contribution in [0.5, 0.6) is 0 Å². The number of anilines is 1. The first-order valence-corrected chi connectivity index (χ1v) is 8.18. The second kappa shape index (κ2) is 6.52. The standard InChI is InChI=1S/C16H27N5/c1-11(9-14(17-2)12-3-4-12)18-7-8-19-16-10-15(20-21-16)13-5-6-13/h9-13,17-18H,3-8H2,1-2H3,(H2,19,20,21)/b14-9-. The number of nitrogens with zero attached hydrogens (tertiary/aromatic N) is 1. The highest BCUT2D eigenvalue weighted by Crippen LogP contribution is 2.39. The monoisotopic (exact) mass is 289 g/mol. The van der Waals surface area contributed by atoms with Crippen LogP contribution in [0.4, 0.5) is 5.82 Å². The van der Waals surface area contributed by atoms with Crippen molar-refractivity contribution in [1.82, 2.24) is 20.8 Å². The molecule has 1 unspecified atom stereocenters. The normalized spacial score (nSPS) is 20.4. The van der Waals surface area contributed by atoms with Gasteiger partial charge in [0.25, 0.3) is 0 Å². The van der Waals surface area contributed by atoms with Crippen LogP contribution in [-0.4, -0.2) is 36.4 Å². The second-order valence-corrected chi connectivity index (χ2v) is 6.30. The Balaban J connectivity index is 1.35. The molecule has 5 heteroatoms. The smallest absolute Gasteiger partial charge is 0.148 e. The quantitative estimate of drug-likeness (QED) is 0.526. The molecule has 1 heterocycles. The highest BCUT2D eigenvalue weighted by atomic mass is 15.2. The zero-order valence-electron chi connectivity index (χ0n) is 13.1. The van der Waals surface area contributed by atoms with Crippen LogP contribution in [0.25, 0.3) is 0 Å². The van der Waals surface area contributed by atoms with Gasteiger partial charge in [-0.15, -0.1) is 0 Å². The second-order valence-electron chi connectivity index (χ2n) is 6.30. The summed E-state index contributed by atoms with van der Waals surface area (Å²) in [4.78, 5) is 0. The molecule has 1 aromatic heterocycles. The summed E-state index contributed by atoms with van der Waals surface area (Å²) >= 11 is 0. The lowest BCUT2D eigenvalue weighted by Crippen LogP contribution is -2.30. The van der Waals surface area contributed by atoms with Crippen molar-refractivity contribution in [2.24, 2.45) is 5.92 Å². The lowest BCUT2D eigenvalue weighted by Gasteiger charge is -2.13. The first-order valence-electron chi connectivity index (χ1n) is 8.18. The van der Waals surface area contributed by atoms with E-state index in [2.05, 4.69) is 45.2 Å². The van der Waals surface area contributed by atoms with E-state index in [9.17, 15) is 0 Å². The molecule has 0 radical (unpaired) electrons. The highest BCUT2D eigenvalue weighted by molar-refractivity contribution is 5.37. The van der Waals surface area contributed by atoms with Gasteiger partial charge in [-0.25, -0.2) is 0 Å². The Bertz CT molecular complexity index is 485. The zero-order valence-corrected chi connectivity index (χ0v) is 13.1. The average molecular weight is 289 g/mol. The third kappa shape index (κ3) is 4.24.